The number of hydrogen-bond donors (Lipinski definition) is 1. The summed E-state index contributed by atoms with van der Waals surface area (Å²) in [6, 6.07) is -0.110. The van der Waals surface area contributed by atoms with Crippen LogP contribution in [0.25, 0.3) is 0 Å². The Kier molecular flexibility index (Phi) is 2.58. The maximum atomic E-state index is 13.2. The molecule has 0 radical (unpaired) electrons. The van der Waals surface area contributed by atoms with Crippen LogP contribution in [0.1, 0.15) is 6.42 Å². The molecule has 2 heterocycles. The van der Waals surface area contributed by atoms with E-state index in [0.29, 0.717) is 25.3 Å². The summed E-state index contributed by atoms with van der Waals surface area (Å²) in [5, 5.41) is 0. The second-order valence-electron chi connectivity index (χ2n) is 3.56. The highest BCUT2D eigenvalue weighted by atomic mass is 19.1. The molecular formula is C9H13FN4. The molecule has 4 nitrogen and oxygen atoms in total. The molecule has 76 valence electrons. The van der Waals surface area contributed by atoms with Crippen molar-refractivity contribution in [3.05, 3.63) is 18.6 Å². The Morgan fingerprint density at radius 2 is 2.29 bits per heavy atom. The summed E-state index contributed by atoms with van der Waals surface area (Å²) in [4.78, 5) is 9.89. The third kappa shape index (κ3) is 1.98. The van der Waals surface area contributed by atoms with Crippen LogP contribution in [0.15, 0.2) is 18.6 Å². The maximum absolute atomic E-state index is 13.2. The second-order valence-corrected chi connectivity index (χ2v) is 3.56. The second kappa shape index (κ2) is 3.88. The van der Waals surface area contributed by atoms with Crippen molar-refractivity contribution in [2.75, 3.05) is 18.0 Å². The molecule has 0 aliphatic carbocycles. The lowest BCUT2D eigenvalue weighted by molar-refractivity contribution is 0.268. The molecule has 1 aromatic rings. The molecule has 0 aromatic carbocycles. The fourth-order valence-corrected chi connectivity index (χ4v) is 1.72. The molecule has 1 aromatic heterocycles. The third-order valence-electron chi connectivity index (χ3n) is 2.31. The Labute approximate surface area is 82.0 Å². The molecule has 0 bridgehead atoms. The van der Waals surface area contributed by atoms with Gasteiger partial charge in [-0.05, 0) is 6.42 Å². The lowest BCUT2D eigenvalue weighted by atomic mass is 10.1. The van der Waals surface area contributed by atoms with E-state index in [-0.39, 0.29) is 6.04 Å². The standard InChI is InChI=1S/C9H13FN4/c10-7-3-8(11)6-14(5-7)9-4-12-1-2-13-9/h1-2,4,7-8H,3,5-6,11H2. The van der Waals surface area contributed by atoms with Crippen LogP contribution in [0.2, 0.25) is 0 Å². The van der Waals surface area contributed by atoms with E-state index >= 15 is 0 Å². The Bertz CT molecular complexity index is 282. The fraction of sp³-hybridized carbons (Fsp3) is 0.556. The van der Waals surface area contributed by atoms with Crippen molar-refractivity contribution in [2.24, 2.45) is 5.73 Å². The van der Waals surface area contributed by atoms with Crippen molar-refractivity contribution in [3.8, 4) is 0 Å². The van der Waals surface area contributed by atoms with Gasteiger partial charge >= 0.3 is 0 Å². The zero-order valence-corrected chi connectivity index (χ0v) is 7.81. The van der Waals surface area contributed by atoms with Gasteiger partial charge in [0.25, 0.3) is 0 Å². The van der Waals surface area contributed by atoms with Gasteiger partial charge in [-0.2, -0.15) is 0 Å². The van der Waals surface area contributed by atoms with E-state index in [0.717, 1.165) is 0 Å². The Morgan fingerprint density at radius 1 is 1.43 bits per heavy atom. The summed E-state index contributed by atoms with van der Waals surface area (Å²) < 4.78 is 13.2. The zero-order chi connectivity index (χ0) is 9.97. The van der Waals surface area contributed by atoms with E-state index in [1.165, 1.54) is 0 Å². The van der Waals surface area contributed by atoms with E-state index in [4.69, 9.17) is 5.73 Å². The third-order valence-corrected chi connectivity index (χ3v) is 2.31. The SMILES string of the molecule is NC1CC(F)CN(c2cnccn2)C1. The summed E-state index contributed by atoms with van der Waals surface area (Å²) in [6.45, 7) is 1.02. The van der Waals surface area contributed by atoms with Crippen LogP contribution in [0.5, 0.6) is 0 Å². The number of nitrogens with two attached hydrogens (primary N) is 1. The lowest BCUT2D eigenvalue weighted by Crippen LogP contribution is -2.48. The van der Waals surface area contributed by atoms with Crippen LogP contribution in [0.4, 0.5) is 10.2 Å². The van der Waals surface area contributed by atoms with Crippen LogP contribution in [0.3, 0.4) is 0 Å². The molecule has 2 rings (SSSR count). The molecule has 0 amide bonds. The molecule has 1 aliphatic heterocycles. The molecule has 2 atom stereocenters. The van der Waals surface area contributed by atoms with Crippen molar-refractivity contribution in [2.45, 2.75) is 18.6 Å². The minimum absolute atomic E-state index is 0.110. The lowest BCUT2D eigenvalue weighted by Gasteiger charge is -2.33. The zero-order valence-electron chi connectivity index (χ0n) is 7.81. The van der Waals surface area contributed by atoms with Crippen LogP contribution in [0, 0.1) is 0 Å². The Balaban J connectivity index is 2.11. The molecule has 14 heavy (non-hydrogen) atoms. The predicted octanol–water partition coefficient (Wildman–Crippen LogP) is 0.352. The van der Waals surface area contributed by atoms with E-state index in [9.17, 15) is 4.39 Å². The smallest absolute Gasteiger partial charge is 0.147 e. The molecular weight excluding hydrogens is 183 g/mol. The molecule has 1 saturated heterocycles. The monoisotopic (exact) mass is 196 g/mol. The average molecular weight is 196 g/mol. The molecule has 0 spiro atoms. The minimum Gasteiger partial charge on any atom is -0.351 e. The van der Waals surface area contributed by atoms with E-state index in [2.05, 4.69) is 9.97 Å². The van der Waals surface area contributed by atoms with Gasteiger partial charge in [0.2, 0.25) is 0 Å². The van der Waals surface area contributed by atoms with Crippen LogP contribution in [-0.4, -0.2) is 35.3 Å². The van der Waals surface area contributed by atoms with Crippen LogP contribution < -0.4 is 10.6 Å². The van der Waals surface area contributed by atoms with E-state index < -0.39 is 6.17 Å². The van der Waals surface area contributed by atoms with Gasteiger partial charge in [-0.25, -0.2) is 9.37 Å². The molecule has 1 aliphatic rings. The number of halogens is 1. The van der Waals surface area contributed by atoms with Gasteiger partial charge in [-0.3, -0.25) is 4.98 Å². The van der Waals surface area contributed by atoms with Gasteiger partial charge in [-0.1, -0.05) is 0 Å². The number of rotatable bonds is 1. The topological polar surface area (TPSA) is 55.0 Å². The van der Waals surface area contributed by atoms with Gasteiger partial charge < -0.3 is 10.6 Å². The number of nitrogens with zero attached hydrogens (tertiary/aromatic N) is 3. The number of alkyl halides is 1. The largest absolute Gasteiger partial charge is 0.351 e. The number of piperidine rings is 1. The van der Waals surface area contributed by atoms with Crippen molar-refractivity contribution < 1.29 is 4.39 Å². The summed E-state index contributed by atoms with van der Waals surface area (Å²) in [5.74, 6) is 0.699. The molecule has 1 fully saturated rings. The molecule has 0 saturated carbocycles. The van der Waals surface area contributed by atoms with Gasteiger partial charge in [0, 0.05) is 25.0 Å². The van der Waals surface area contributed by atoms with Gasteiger partial charge in [0.15, 0.2) is 0 Å². The average Bonchev–Trinajstić information content (AvgIpc) is 2.18. The summed E-state index contributed by atoms with van der Waals surface area (Å²) >= 11 is 0. The predicted molar refractivity (Wildman–Crippen MR) is 51.7 cm³/mol. The first-order valence-electron chi connectivity index (χ1n) is 4.66. The first-order chi connectivity index (χ1) is 6.75. The first kappa shape index (κ1) is 9.33. The van der Waals surface area contributed by atoms with Gasteiger partial charge in [-0.15, -0.1) is 0 Å². The minimum atomic E-state index is -0.860. The fourth-order valence-electron chi connectivity index (χ4n) is 1.72. The van der Waals surface area contributed by atoms with Gasteiger partial charge in [0.05, 0.1) is 12.7 Å². The van der Waals surface area contributed by atoms with Crippen LogP contribution >= 0.6 is 0 Å². The van der Waals surface area contributed by atoms with Crippen LogP contribution in [-0.2, 0) is 0 Å². The quantitative estimate of drug-likeness (QED) is 0.704. The van der Waals surface area contributed by atoms with Crippen molar-refractivity contribution in [3.63, 3.8) is 0 Å². The summed E-state index contributed by atoms with van der Waals surface area (Å²) in [6.07, 6.45) is 4.41. The highest BCUT2D eigenvalue weighted by Gasteiger charge is 2.25. The number of aromatic nitrogens is 2. The highest BCUT2D eigenvalue weighted by Crippen LogP contribution is 2.17. The molecule has 2 N–H and O–H groups in total. The normalized spacial score (nSPS) is 27.7. The van der Waals surface area contributed by atoms with Gasteiger partial charge in [0.1, 0.15) is 12.0 Å². The van der Waals surface area contributed by atoms with Crippen molar-refractivity contribution in [1.29, 1.82) is 0 Å². The molecule has 5 heteroatoms. The Hall–Kier alpha value is -1.23. The van der Waals surface area contributed by atoms with E-state index in [1.54, 1.807) is 18.6 Å². The summed E-state index contributed by atoms with van der Waals surface area (Å²) in [5.41, 5.74) is 5.72. The summed E-state index contributed by atoms with van der Waals surface area (Å²) in [7, 11) is 0. The highest BCUT2D eigenvalue weighted by molar-refractivity contribution is 5.36. The Morgan fingerprint density at radius 3 is 2.93 bits per heavy atom. The number of anilines is 1. The number of hydrogen-bond acceptors (Lipinski definition) is 4. The van der Waals surface area contributed by atoms with Crippen molar-refractivity contribution >= 4 is 5.82 Å². The molecule has 2 unspecified atom stereocenters. The first-order valence-corrected chi connectivity index (χ1v) is 4.66. The van der Waals surface area contributed by atoms with Crippen molar-refractivity contribution in [1.82, 2.24) is 9.97 Å². The van der Waals surface area contributed by atoms with E-state index in [1.807, 2.05) is 4.90 Å². The maximum Gasteiger partial charge on any atom is 0.147 e.